The maximum absolute atomic E-state index is 12.1. The molecule has 0 atom stereocenters. The maximum Gasteiger partial charge on any atom is 0.271 e. The highest BCUT2D eigenvalue weighted by atomic mass is 35.5. The summed E-state index contributed by atoms with van der Waals surface area (Å²) in [7, 11) is 0. The Morgan fingerprint density at radius 1 is 1.08 bits per heavy atom. The Bertz CT molecular complexity index is 688. The van der Waals surface area contributed by atoms with Gasteiger partial charge in [0.05, 0.1) is 6.54 Å². The van der Waals surface area contributed by atoms with Crippen LogP contribution in [0.5, 0.6) is 0 Å². The van der Waals surface area contributed by atoms with E-state index in [1.54, 1.807) is 0 Å². The molecule has 1 amide bonds. The van der Waals surface area contributed by atoms with Crippen molar-refractivity contribution in [3.63, 3.8) is 0 Å². The van der Waals surface area contributed by atoms with E-state index in [-0.39, 0.29) is 29.6 Å². The first-order chi connectivity index (χ1) is 11.2. The van der Waals surface area contributed by atoms with Gasteiger partial charge in [0, 0.05) is 19.2 Å². The molecule has 7 heteroatoms. The first-order valence-electron chi connectivity index (χ1n) is 7.81. The molecule has 0 aliphatic carbocycles. The van der Waals surface area contributed by atoms with Gasteiger partial charge in [0.2, 0.25) is 0 Å². The van der Waals surface area contributed by atoms with Gasteiger partial charge in [0.15, 0.2) is 0 Å². The van der Waals surface area contributed by atoms with E-state index in [4.69, 9.17) is 0 Å². The molecule has 0 fully saturated rings. The van der Waals surface area contributed by atoms with Crippen LogP contribution in [0.4, 0.5) is 0 Å². The fraction of sp³-hybridized carbons (Fsp3) is 0.353. The van der Waals surface area contributed by atoms with E-state index in [2.05, 4.69) is 22.7 Å². The van der Waals surface area contributed by atoms with Crippen LogP contribution < -0.4 is 16.2 Å². The van der Waals surface area contributed by atoms with Crippen LogP contribution in [0, 0.1) is 0 Å². The van der Waals surface area contributed by atoms with Gasteiger partial charge in [-0.25, -0.2) is 4.68 Å². The van der Waals surface area contributed by atoms with Crippen LogP contribution in [0.25, 0.3) is 0 Å². The molecule has 0 unspecified atom stereocenters. The summed E-state index contributed by atoms with van der Waals surface area (Å²) < 4.78 is 1.31. The summed E-state index contributed by atoms with van der Waals surface area (Å²) in [5.74, 6) is -0.273. The largest absolute Gasteiger partial charge is 0.349 e. The van der Waals surface area contributed by atoms with Crippen LogP contribution in [0.1, 0.15) is 29.4 Å². The van der Waals surface area contributed by atoms with Crippen molar-refractivity contribution in [1.29, 1.82) is 0 Å². The Kier molecular flexibility index (Phi) is 8.75. The lowest BCUT2D eigenvalue weighted by molar-refractivity contribution is 0.0946. The van der Waals surface area contributed by atoms with Gasteiger partial charge < -0.3 is 10.6 Å². The molecule has 130 valence electrons. The molecule has 2 aromatic rings. The Balaban J connectivity index is 0.00000288. The second-order valence-corrected chi connectivity index (χ2v) is 5.21. The zero-order chi connectivity index (χ0) is 16.5. The van der Waals surface area contributed by atoms with Crippen molar-refractivity contribution in [3.8, 4) is 0 Å². The molecule has 1 aromatic heterocycles. The van der Waals surface area contributed by atoms with Crippen molar-refractivity contribution in [2.75, 3.05) is 19.6 Å². The third kappa shape index (κ3) is 6.14. The molecule has 1 aromatic carbocycles. The molecule has 2 rings (SSSR count). The fourth-order valence-electron chi connectivity index (χ4n) is 2.10. The molecule has 0 spiro atoms. The molecule has 24 heavy (non-hydrogen) atoms. The van der Waals surface area contributed by atoms with Crippen molar-refractivity contribution in [2.24, 2.45) is 0 Å². The number of amides is 1. The van der Waals surface area contributed by atoms with E-state index in [0.29, 0.717) is 19.6 Å². The third-order valence-corrected chi connectivity index (χ3v) is 3.29. The highest BCUT2D eigenvalue weighted by Gasteiger charge is 2.09. The topological polar surface area (TPSA) is 76.0 Å². The summed E-state index contributed by atoms with van der Waals surface area (Å²) >= 11 is 0. The van der Waals surface area contributed by atoms with Crippen molar-refractivity contribution in [3.05, 3.63) is 64.1 Å². The van der Waals surface area contributed by atoms with E-state index in [0.717, 1.165) is 18.5 Å². The van der Waals surface area contributed by atoms with Crippen LogP contribution in [-0.4, -0.2) is 35.3 Å². The number of hydrogen-bond acceptors (Lipinski definition) is 4. The highest BCUT2D eigenvalue weighted by Crippen LogP contribution is 2.00. The van der Waals surface area contributed by atoms with Gasteiger partial charge in [0.25, 0.3) is 11.5 Å². The second-order valence-electron chi connectivity index (χ2n) is 5.21. The van der Waals surface area contributed by atoms with Crippen LogP contribution in [-0.2, 0) is 6.54 Å². The molecule has 0 radical (unpaired) electrons. The smallest absolute Gasteiger partial charge is 0.271 e. The van der Waals surface area contributed by atoms with E-state index in [9.17, 15) is 9.59 Å². The molecule has 1 heterocycles. The summed E-state index contributed by atoms with van der Waals surface area (Å²) in [6.07, 6.45) is 1.06. The van der Waals surface area contributed by atoms with Gasteiger partial charge in [-0.1, -0.05) is 37.3 Å². The van der Waals surface area contributed by atoms with Crippen molar-refractivity contribution in [2.45, 2.75) is 19.9 Å². The number of rotatable bonds is 8. The summed E-state index contributed by atoms with van der Waals surface area (Å²) in [5, 5.41) is 10.1. The summed E-state index contributed by atoms with van der Waals surface area (Å²) in [5.41, 5.74) is 0.981. The molecular formula is C17H23ClN4O2. The molecule has 0 saturated heterocycles. The highest BCUT2D eigenvalue weighted by molar-refractivity contribution is 5.91. The number of nitrogens with one attached hydrogen (secondary N) is 2. The number of carbonyl (C=O) groups is 1. The van der Waals surface area contributed by atoms with E-state index >= 15 is 0 Å². The maximum atomic E-state index is 12.1. The number of halogens is 1. The van der Waals surface area contributed by atoms with Gasteiger partial charge in [-0.2, -0.15) is 5.10 Å². The van der Waals surface area contributed by atoms with Gasteiger partial charge >= 0.3 is 0 Å². The monoisotopic (exact) mass is 350 g/mol. The van der Waals surface area contributed by atoms with Crippen molar-refractivity contribution < 1.29 is 4.79 Å². The van der Waals surface area contributed by atoms with E-state index in [1.165, 1.54) is 16.8 Å². The molecule has 2 N–H and O–H groups in total. The second kappa shape index (κ2) is 10.6. The van der Waals surface area contributed by atoms with Crippen LogP contribution >= 0.6 is 12.4 Å². The van der Waals surface area contributed by atoms with Crippen molar-refractivity contribution >= 4 is 18.3 Å². The summed E-state index contributed by atoms with van der Waals surface area (Å²) in [6, 6.07) is 12.4. The molecule has 6 nitrogen and oxygen atoms in total. The number of carbonyl (C=O) groups excluding carboxylic acids is 1. The normalized spacial score (nSPS) is 10.0. The predicted octanol–water partition coefficient (Wildman–Crippen LogP) is 1.44. The molecule has 0 aliphatic heterocycles. The van der Waals surface area contributed by atoms with Gasteiger partial charge in [-0.3, -0.25) is 9.59 Å². The lowest BCUT2D eigenvalue weighted by Gasteiger charge is -2.08. The predicted molar refractivity (Wildman–Crippen MR) is 96.8 cm³/mol. The minimum atomic E-state index is -0.273. The zero-order valence-electron chi connectivity index (χ0n) is 13.7. The first kappa shape index (κ1) is 19.9. The lowest BCUT2D eigenvalue weighted by atomic mass is 10.2. The number of nitrogens with zero attached hydrogens (tertiary/aromatic N) is 2. The summed E-state index contributed by atoms with van der Waals surface area (Å²) in [6.45, 7) is 4.60. The first-order valence-corrected chi connectivity index (χ1v) is 7.81. The molecule has 0 aliphatic rings. The average molecular weight is 351 g/mol. The molecular weight excluding hydrogens is 328 g/mol. The van der Waals surface area contributed by atoms with Crippen LogP contribution in [0.2, 0.25) is 0 Å². The minimum absolute atomic E-state index is 0. The Hall–Kier alpha value is -2.18. The number of benzene rings is 1. The minimum Gasteiger partial charge on any atom is -0.349 e. The van der Waals surface area contributed by atoms with Gasteiger partial charge in [-0.05, 0) is 24.6 Å². The number of hydrogen-bond donors (Lipinski definition) is 2. The Morgan fingerprint density at radius 2 is 1.83 bits per heavy atom. The van der Waals surface area contributed by atoms with Crippen LogP contribution in [0.3, 0.4) is 0 Å². The van der Waals surface area contributed by atoms with E-state index in [1.807, 2.05) is 30.3 Å². The molecule has 0 bridgehead atoms. The standard InChI is InChI=1S/C17H22N4O2.ClH/c1-2-10-18-11-12-19-17(23)15-8-9-16(22)21(20-15)13-14-6-4-3-5-7-14;/h3-9,18H,2,10-13H2,1H3,(H,19,23);1H. The Morgan fingerprint density at radius 3 is 2.54 bits per heavy atom. The van der Waals surface area contributed by atoms with Gasteiger partial charge in [0.1, 0.15) is 5.69 Å². The molecule has 0 saturated carbocycles. The van der Waals surface area contributed by atoms with E-state index < -0.39 is 0 Å². The zero-order valence-corrected chi connectivity index (χ0v) is 14.5. The van der Waals surface area contributed by atoms with Gasteiger partial charge in [-0.15, -0.1) is 12.4 Å². The SMILES string of the molecule is CCCNCCNC(=O)c1ccc(=O)n(Cc2ccccc2)n1.Cl. The summed E-state index contributed by atoms with van der Waals surface area (Å²) in [4.78, 5) is 24.0. The average Bonchev–Trinajstić information content (AvgIpc) is 2.57. The lowest BCUT2D eigenvalue weighted by Crippen LogP contribution is -2.34. The Labute approximate surface area is 147 Å². The quantitative estimate of drug-likeness (QED) is 0.706. The van der Waals surface area contributed by atoms with Crippen LogP contribution in [0.15, 0.2) is 47.3 Å². The fourth-order valence-corrected chi connectivity index (χ4v) is 2.10. The number of aromatic nitrogens is 2. The van der Waals surface area contributed by atoms with Crippen molar-refractivity contribution in [1.82, 2.24) is 20.4 Å². The third-order valence-electron chi connectivity index (χ3n) is 3.29.